The fourth-order valence-electron chi connectivity index (χ4n) is 2.39. The van der Waals surface area contributed by atoms with Gasteiger partial charge < -0.3 is 9.47 Å². The minimum atomic E-state index is -0.438. The van der Waals surface area contributed by atoms with Crippen molar-refractivity contribution in [2.45, 2.75) is 26.9 Å². The van der Waals surface area contributed by atoms with E-state index in [0.717, 1.165) is 10.6 Å². The quantitative estimate of drug-likeness (QED) is 0.467. The summed E-state index contributed by atoms with van der Waals surface area (Å²) in [6.45, 7) is 4.89. The predicted octanol–water partition coefficient (Wildman–Crippen LogP) is 2.40. The summed E-state index contributed by atoms with van der Waals surface area (Å²) in [5.74, 6) is -0.438. The van der Waals surface area contributed by atoms with Crippen molar-refractivity contribution in [2.75, 3.05) is 13.2 Å². The summed E-state index contributed by atoms with van der Waals surface area (Å²) in [5, 5.41) is 5.03. The molecule has 3 rings (SSSR count). The van der Waals surface area contributed by atoms with Gasteiger partial charge in [0.05, 0.1) is 17.9 Å². The summed E-state index contributed by atoms with van der Waals surface area (Å²) in [7, 11) is 0. The molecule has 7 nitrogen and oxygen atoms in total. The molecular formula is C18H19N3O4S. The molecule has 2 heterocycles. The molecule has 2 aromatic heterocycles. The molecule has 0 spiro atoms. The third-order valence-corrected chi connectivity index (χ3v) is 4.69. The van der Waals surface area contributed by atoms with Crippen molar-refractivity contribution in [3.63, 3.8) is 0 Å². The summed E-state index contributed by atoms with van der Waals surface area (Å²) in [6.07, 6.45) is 0.624. The molecule has 8 heteroatoms. The van der Waals surface area contributed by atoms with Gasteiger partial charge in [-0.15, -0.1) is 0 Å². The maximum atomic E-state index is 12.2. The van der Waals surface area contributed by atoms with Crippen LogP contribution in [0.15, 0.2) is 35.1 Å². The number of carbonyl (C=O) groups excluding carboxylic acids is 1. The maximum Gasteiger partial charge on any atom is 0.338 e. The first-order valence-corrected chi connectivity index (χ1v) is 9.09. The number of fused-ring (bicyclic) bond motifs is 1. The Bertz CT molecular complexity index is 980. The molecule has 0 saturated heterocycles. The summed E-state index contributed by atoms with van der Waals surface area (Å²) in [6, 6.07) is 8.52. The summed E-state index contributed by atoms with van der Waals surface area (Å²) in [4.78, 5) is 29.2. The highest BCUT2D eigenvalue weighted by molar-refractivity contribution is 7.16. The number of rotatable bonds is 7. The maximum absolute atomic E-state index is 12.2. The van der Waals surface area contributed by atoms with Gasteiger partial charge in [0.25, 0.3) is 5.56 Å². The van der Waals surface area contributed by atoms with Crippen molar-refractivity contribution in [1.82, 2.24) is 14.6 Å². The Morgan fingerprint density at radius 1 is 1.31 bits per heavy atom. The van der Waals surface area contributed by atoms with Gasteiger partial charge in [-0.25, -0.2) is 9.78 Å². The average molecular weight is 373 g/mol. The number of carbonyl (C=O) groups is 1. The van der Waals surface area contributed by atoms with E-state index in [1.165, 1.54) is 21.9 Å². The number of ether oxygens (including phenoxy) is 2. The molecule has 0 N–H and O–H groups in total. The van der Waals surface area contributed by atoms with E-state index in [1.54, 1.807) is 12.1 Å². The van der Waals surface area contributed by atoms with Crippen LogP contribution in [0.1, 0.15) is 33.5 Å². The van der Waals surface area contributed by atoms with Crippen LogP contribution in [0, 0.1) is 6.92 Å². The molecule has 0 saturated carbocycles. The van der Waals surface area contributed by atoms with Crippen molar-refractivity contribution in [2.24, 2.45) is 0 Å². The van der Waals surface area contributed by atoms with Crippen LogP contribution in [0.5, 0.6) is 0 Å². The van der Waals surface area contributed by atoms with Crippen molar-refractivity contribution in [3.05, 3.63) is 62.5 Å². The number of hydrogen-bond donors (Lipinski definition) is 0. The minimum Gasteiger partial charge on any atom is -0.456 e. The highest BCUT2D eigenvalue weighted by Crippen LogP contribution is 2.13. The van der Waals surface area contributed by atoms with Gasteiger partial charge in [-0.2, -0.15) is 9.61 Å². The average Bonchev–Trinajstić information content (AvgIpc) is 3.04. The first-order valence-electron chi connectivity index (χ1n) is 8.27. The summed E-state index contributed by atoms with van der Waals surface area (Å²) >= 11 is 1.33. The molecule has 0 aliphatic carbocycles. The Balaban J connectivity index is 1.73. The van der Waals surface area contributed by atoms with Crippen LogP contribution in [-0.2, 0) is 22.5 Å². The number of hydrogen-bond acceptors (Lipinski definition) is 7. The van der Waals surface area contributed by atoms with Gasteiger partial charge in [0.1, 0.15) is 11.6 Å². The summed E-state index contributed by atoms with van der Waals surface area (Å²) < 4.78 is 11.9. The normalized spacial score (nSPS) is 11.0. The lowest BCUT2D eigenvalue weighted by Crippen LogP contribution is -2.17. The SMILES string of the molecule is CCOCCc1nn2c(=O)cc(COC(=O)c3ccccc3C)nc2s1. The molecule has 136 valence electrons. The Labute approximate surface area is 154 Å². The van der Waals surface area contributed by atoms with E-state index in [-0.39, 0.29) is 12.2 Å². The van der Waals surface area contributed by atoms with E-state index in [4.69, 9.17) is 9.47 Å². The Morgan fingerprint density at radius 2 is 2.12 bits per heavy atom. The van der Waals surface area contributed by atoms with Crippen molar-refractivity contribution < 1.29 is 14.3 Å². The van der Waals surface area contributed by atoms with Crippen LogP contribution in [0.4, 0.5) is 0 Å². The van der Waals surface area contributed by atoms with Gasteiger partial charge in [0.2, 0.25) is 4.96 Å². The van der Waals surface area contributed by atoms with Crippen LogP contribution in [0.2, 0.25) is 0 Å². The second-order valence-corrected chi connectivity index (χ2v) is 6.65. The number of nitrogens with zero attached hydrogens (tertiary/aromatic N) is 3. The Kier molecular flexibility index (Phi) is 5.75. The van der Waals surface area contributed by atoms with Crippen LogP contribution < -0.4 is 5.56 Å². The lowest BCUT2D eigenvalue weighted by atomic mass is 10.1. The Morgan fingerprint density at radius 3 is 2.88 bits per heavy atom. The number of esters is 1. The predicted molar refractivity (Wildman–Crippen MR) is 97.6 cm³/mol. The van der Waals surface area contributed by atoms with Gasteiger partial charge in [-0.3, -0.25) is 4.79 Å². The van der Waals surface area contributed by atoms with Crippen LogP contribution in [-0.4, -0.2) is 33.8 Å². The highest BCUT2D eigenvalue weighted by Gasteiger charge is 2.13. The van der Waals surface area contributed by atoms with Crippen LogP contribution in [0.25, 0.3) is 4.96 Å². The smallest absolute Gasteiger partial charge is 0.338 e. The third-order valence-electron chi connectivity index (χ3n) is 3.72. The van der Waals surface area contributed by atoms with Gasteiger partial charge in [0.15, 0.2) is 0 Å². The van der Waals surface area contributed by atoms with Crippen LogP contribution >= 0.6 is 11.3 Å². The summed E-state index contributed by atoms with van der Waals surface area (Å²) in [5.41, 5.74) is 1.44. The van der Waals surface area contributed by atoms with E-state index >= 15 is 0 Å². The number of aryl methyl sites for hydroxylation is 1. The van der Waals surface area contributed by atoms with Crippen molar-refractivity contribution in [3.8, 4) is 0 Å². The molecule has 26 heavy (non-hydrogen) atoms. The van der Waals surface area contributed by atoms with E-state index in [1.807, 2.05) is 26.0 Å². The third kappa shape index (κ3) is 4.14. The van der Waals surface area contributed by atoms with E-state index in [9.17, 15) is 9.59 Å². The van der Waals surface area contributed by atoms with E-state index in [2.05, 4.69) is 10.1 Å². The highest BCUT2D eigenvalue weighted by atomic mass is 32.1. The van der Waals surface area contributed by atoms with Crippen molar-refractivity contribution in [1.29, 1.82) is 0 Å². The van der Waals surface area contributed by atoms with E-state index in [0.29, 0.717) is 35.9 Å². The molecule has 0 aliphatic rings. The number of aromatic nitrogens is 3. The minimum absolute atomic E-state index is 0.0644. The topological polar surface area (TPSA) is 82.8 Å². The largest absolute Gasteiger partial charge is 0.456 e. The van der Waals surface area contributed by atoms with Gasteiger partial charge >= 0.3 is 5.97 Å². The molecule has 1 aromatic carbocycles. The molecule has 0 radical (unpaired) electrons. The van der Waals surface area contributed by atoms with Crippen molar-refractivity contribution >= 4 is 22.3 Å². The molecule has 0 bridgehead atoms. The zero-order valence-electron chi connectivity index (χ0n) is 14.6. The molecule has 3 aromatic rings. The zero-order valence-corrected chi connectivity index (χ0v) is 15.4. The van der Waals surface area contributed by atoms with E-state index < -0.39 is 5.97 Å². The van der Waals surface area contributed by atoms with Gasteiger partial charge in [0, 0.05) is 19.1 Å². The lowest BCUT2D eigenvalue weighted by molar-refractivity contribution is 0.0467. The fraction of sp³-hybridized carbons (Fsp3) is 0.333. The lowest BCUT2D eigenvalue weighted by Gasteiger charge is -2.06. The first kappa shape index (κ1) is 18.2. The monoisotopic (exact) mass is 373 g/mol. The molecule has 0 aliphatic heterocycles. The second kappa shape index (κ2) is 8.20. The molecule has 0 fully saturated rings. The van der Waals surface area contributed by atoms with Gasteiger partial charge in [-0.1, -0.05) is 29.5 Å². The molecular weight excluding hydrogens is 354 g/mol. The molecule has 0 atom stereocenters. The zero-order chi connectivity index (χ0) is 18.5. The first-order chi connectivity index (χ1) is 12.6. The standard InChI is InChI=1S/C18H19N3O4S/c1-3-24-9-8-15-20-21-16(22)10-13(19-18(21)26-15)11-25-17(23)14-7-5-4-6-12(14)2/h4-7,10H,3,8-9,11H2,1-2H3. The fourth-order valence-corrected chi connectivity index (χ4v) is 3.29. The molecule has 0 unspecified atom stereocenters. The van der Waals surface area contributed by atoms with Crippen LogP contribution in [0.3, 0.4) is 0 Å². The number of benzene rings is 1. The molecule has 0 amide bonds. The Hall–Kier alpha value is -2.58. The second-order valence-electron chi connectivity index (χ2n) is 5.61. The van der Waals surface area contributed by atoms with Gasteiger partial charge in [-0.05, 0) is 25.5 Å².